The van der Waals surface area contributed by atoms with E-state index >= 15 is 0 Å². The number of unbranched alkanes of at least 4 members (excludes halogenated alkanes) is 1. The molecule has 7 heteroatoms. The van der Waals surface area contributed by atoms with E-state index in [9.17, 15) is 19.5 Å². The highest BCUT2D eigenvalue weighted by molar-refractivity contribution is 5.89. The highest BCUT2D eigenvalue weighted by Gasteiger charge is 2.32. The Hall–Kier alpha value is -2.05. The number of nitrogens with one attached hydrogen (secondary N) is 1. The van der Waals surface area contributed by atoms with E-state index in [0.29, 0.717) is 25.7 Å². The second kappa shape index (κ2) is 10.8. The van der Waals surface area contributed by atoms with Crippen LogP contribution in [-0.4, -0.2) is 52.7 Å². The number of alkyl carbamates (subject to hydrolysis) is 1. The quantitative estimate of drug-likeness (QED) is 0.455. The Balaban J connectivity index is 5.24. The lowest BCUT2D eigenvalue weighted by molar-refractivity contribution is -0.150. The molecule has 0 spiro atoms. The van der Waals surface area contributed by atoms with Gasteiger partial charge >= 0.3 is 12.1 Å². The summed E-state index contributed by atoms with van der Waals surface area (Å²) in [7, 11) is 1.46. The first-order valence-corrected chi connectivity index (χ1v) is 8.99. The summed E-state index contributed by atoms with van der Waals surface area (Å²) in [5.74, 6) is -1.38. The SMILES string of the molecule is C=CCCC[C@H](NC(=O)OC(C)(C)C)C(=O)N(C)[C@@H](CC(C)C)C(=O)O. The minimum atomic E-state index is -1.06. The van der Waals surface area contributed by atoms with Gasteiger partial charge in [-0.1, -0.05) is 19.9 Å². The number of rotatable bonds is 10. The Bertz CT molecular complexity index is 497. The molecule has 0 aliphatic carbocycles. The predicted molar refractivity (Wildman–Crippen MR) is 101 cm³/mol. The summed E-state index contributed by atoms with van der Waals surface area (Å²) < 4.78 is 5.22. The largest absolute Gasteiger partial charge is 0.480 e. The number of allylic oxidation sites excluding steroid dienone is 1. The molecule has 150 valence electrons. The molecule has 0 rings (SSSR count). The lowest BCUT2D eigenvalue weighted by atomic mass is 10.0. The molecule has 0 aromatic carbocycles. The van der Waals surface area contributed by atoms with Gasteiger partial charge in [0.25, 0.3) is 0 Å². The minimum Gasteiger partial charge on any atom is -0.480 e. The molecule has 0 aromatic rings. The number of carboxylic acid groups (broad SMARTS) is 1. The van der Waals surface area contributed by atoms with Crippen LogP contribution in [0.25, 0.3) is 0 Å². The van der Waals surface area contributed by atoms with Crippen LogP contribution in [0.3, 0.4) is 0 Å². The number of carbonyl (C=O) groups excluding carboxylic acids is 2. The molecule has 0 aromatic heterocycles. The Labute approximate surface area is 156 Å². The number of ether oxygens (including phenoxy) is 1. The summed E-state index contributed by atoms with van der Waals surface area (Å²) in [6.45, 7) is 12.6. The maximum Gasteiger partial charge on any atom is 0.408 e. The monoisotopic (exact) mass is 370 g/mol. The van der Waals surface area contributed by atoms with Gasteiger partial charge in [0.05, 0.1) is 0 Å². The molecule has 0 radical (unpaired) electrons. The minimum absolute atomic E-state index is 0.115. The molecular formula is C19H34N2O5. The van der Waals surface area contributed by atoms with Crippen LogP contribution in [0.4, 0.5) is 4.79 Å². The number of likely N-dealkylation sites (N-methyl/N-ethyl adjacent to an activating group) is 1. The normalized spacial score (nSPS) is 13.7. The first kappa shape index (κ1) is 23.9. The summed E-state index contributed by atoms with van der Waals surface area (Å²) in [6.07, 6.45) is 3.09. The summed E-state index contributed by atoms with van der Waals surface area (Å²) in [6, 6.07) is -1.78. The molecule has 2 N–H and O–H groups in total. The highest BCUT2D eigenvalue weighted by Crippen LogP contribution is 2.15. The average molecular weight is 370 g/mol. The molecule has 0 unspecified atom stereocenters. The van der Waals surface area contributed by atoms with Crippen LogP contribution < -0.4 is 5.32 Å². The van der Waals surface area contributed by atoms with Gasteiger partial charge in [-0.25, -0.2) is 9.59 Å². The fourth-order valence-corrected chi connectivity index (χ4v) is 2.44. The molecule has 0 aliphatic heterocycles. The molecule has 0 heterocycles. The van der Waals surface area contributed by atoms with E-state index in [-0.39, 0.29) is 5.92 Å². The van der Waals surface area contributed by atoms with Gasteiger partial charge in [0.15, 0.2) is 0 Å². The topological polar surface area (TPSA) is 95.9 Å². The second-order valence-corrected chi connectivity index (χ2v) is 7.85. The fourth-order valence-electron chi connectivity index (χ4n) is 2.44. The van der Waals surface area contributed by atoms with E-state index in [2.05, 4.69) is 11.9 Å². The van der Waals surface area contributed by atoms with Crippen LogP contribution in [0.1, 0.15) is 60.3 Å². The van der Waals surface area contributed by atoms with E-state index in [1.54, 1.807) is 26.8 Å². The van der Waals surface area contributed by atoms with E-state index in [1.165, 1.54) is 11.9 Å². The van der Waals surface area contributed by atoms with Crippen molar-refractivity contribution in [3.05, 3.63) is 12.7 Å². The highest BCUT2D eigenvalue weighted by atomic mass is 16.6. The first-order chi connectivity index (χ1) is 11.9. The smallest absolute Gasteiger partial charge is 0.408 e. The summed E-state index contributed by atoms with van der Waals surface area (Å²) in [5.41, 5.74) is -0.689. The van der Waals surface area contributed by atoms with Crippen molar-refractivity contribution in [3.63, 3.8) is 0 Å². The van der Waals surface area contributed by atoms with Crippen LogP contribution in [0.5, 0.6) is 0 Å². The van der Waals surface area contributed by atoms with Crippen molar-refractivity contribution >= 4 is 18.0 Å². The molecule has 0 saturated carbocycles. The van der Waals surface area contributed by atoms with Gasteiger partial charge in [0.1, 0.15) is 17.7 Å². The third-order valence-electron chi connectivity index (χ3n) is 3.68. The molecule has 0 fully saturated rings. The third-order valence-corrected chi connectivity index (χ3v) is 3.68. The van der Waals surface area contributed by atoms with Gasteiger partial charge in [0, 0.05) is 7.05 Å². The predicted octanol–water partition coefficient (Wildman–Crippen LogP) is 3.19. The molecule has 2 amide bonds. The summed E-state index contributed by atoms with van der Waals surface area (Å²) >= 11 is 0. The first-order valence-electron chi connectivity index (χ1n) is 8.99. The van der Waals surface area contributed by atoms with Gasteiger partial charge in [-0.3, -0.25) is 4.79 Å². The summed E-state index contributed by atoms with van der Waals surface area (Å²) in [4.78, 5) is 37.7. The van der Waals surface area contributed by atoms with Crippen molar-refractivity contribution in [1.82, 2.24) is 10.2 Å². The zero-order chi connectivity index (χ0) is 20.5. The van der Waals surface area contributed by atoms with Crippen LogP contribution in [-0.2, 0) is 14.3 Å². The second-order valence-electron chi connectivity index (χ2n) is 7.85. The van der Waals surface area contributed by atoms with Crippen LogP contribution >= 0.6 is 0 Å². The molecule has 26 heavy (non-hydrogen) atoms. The van der Waals surface area contributed by atoms with Crippen LogP contribution in [0.2, 0.25) is 0 Å². The molecule has 0 aliphatic rings. The van der Waals surface area contributed by atoms with Crippen molar-refractivity contribution in [1.29, 1.82) is 0 Å². The lowest BCUT2D eigenvalue weighted by Gasteiger charge is -2.30. The van der Waals surface area contributed by atoms with Gasteiger partial charge in [-0.2, -0.15) is 0 Å². The molecule has 7 nitrogen and oxygen atoms in total. The van der Waals surface area contributed by atoms with Gasteiger partial charge in [-0.05, 0) is 52.4 Å². The van der Waals surface area contributed by atoms with Crippen molar-refractivity contribution in [2.75, 3.05) is 7.05 Å². The molecule has 0 bridgehead atoms. The Kier molecular flexibility index (Phi) is 9.98. The Morgan fingerprint density at radius 2 is 1.85 bits per heavy atom. The van der Waals surface area contributed by atoms with Crippen molar-refractivity contribution in [2.45, 2.75) is 78.0 Å². The van der Waals surface area contributed by atoms with Gasteiger partial charge in [0.2, 0.25) is 5.91 Å². The fraction of sp³-hybridized carbons (Fsp3) is 0.737. The Morgan fingerprint density at radius 1 is 1.27 bits per heavy atom. The molecule has 2 atom stereocenters. The van der Waals surface area contributed by atoms with E-state index < -0.39 is 35.7 Å². The molecular weight excluding hydrogens is 336 g/mol. The number of carbonyl (C=O) groups is 3. The van der Waals surface area contributed by atoms with Crippen molar-refractivity contribution in [2.24, 2.45) is 5.92 Å². The van der Waals surface area contributed by atoms with Crippen molar-refractivity contribution in [3.8, 4) is 0 Å². The summed E-state index contributed by atoms with van der Waals surface area (Å²) in [5, 5.41) is 12.0. The van der Waals surface area contributed by atoms with E-state index in [1.807, 2.05) is 13.8 Å². The van der Waals surface area contributed by atoms with Crippen LogP contribution in [0.15, 0.2) is 12.7 Å². The number of aliphatic carboxylic acids is 1. The number of amides is 2. The maximum atomic E-state index is 12.8. The Morgan fingerprint density at radius 3 is 2.27 bits per heavy atom. The maximum absolute atomic E-state index is 12.8. The average Bonchev–Trinajstić information content (AvgIpc) is 2.48. The van der Waals surface area contributed by atoms with Gasteiger partial charge < -0.3 is 20.1 Å². The number of hydrogen-bond acceptors (Lipinski definition) is 4. The van der Waals surface area contributed by atoms with E-state index in [4.69, 9.17) is 4.74 Å². The number of hydrogen-bond donors (Lipinski definition) is 2. The zero-order valence-corrected chi connectivity index (χ0v) is 16.9. The number of carboxylic acids is 1. The standard InChI is InChI=1S/C19H34N2O5/c1-8-9-10-11-14(20-18(25)26-19(4,5)6)16(22)21(7)15(17(23)24)12-13(2)3/h8,13-15H,1,9-12H2,2-7H3,(H,20,25)(H,23,24)/t14-,15-/m0/s1. The zero-order valence-electron chi connectivity index (χ0n) is 16.9. The lowest BCUT2D eigenvalue weighted by Crippen LogP contribution is -2.53. The van der Waals surface area contributed by atoms with Crippen LogP contribution in [0, 0.1) is 5.92 Å². The number of nitrogens with zero attached hydrogens (tertiary/aromatic N) is 1. The third kappa shape index (κ3) is 9.44. The van der Waals surface area contributed by atoms with E-state index in [0.717, 1.165) is 0 Å². The van der Waals surface area contributed by atoms with Gasteiger partial charge in [-0.15, -0.1) is 6.58 Å². The van der Waals surface area contributed by atoms with Crippen molar-refractivity contribution < 1.29 is 24.2 Å². The molecule has 0 saturated heterocycles.